The average molecular weight is 521 g/mol. The fraction of sp³-hybridized carbons (Fsp3) is 0.348. The van der Waals surface area contributed by atoms with E-state index < -0.39 is 15.9 Å². The molecule has 1 atom stereocenters. The molecule has 3 heterocycles. The molecule has 0 N–H and O–H groups in total. The molecule has 2 fully saturated rings. The van der Waals surface area contributed by atoms with Crippen LogP contribution in [0.5, 0.6) is 0 Å². The Morgan fingerprint density at radius 3 is 2.58 bits per heavy atom. The van der Waals surface area contributed by atoms with Gasteiger partial charge in [-0.2, -0.15) is 0 Å². The van der Waals surface area contributed by atoms with Crippen LogP contribution in [0.25, 0.3) is 6.08 Å². The second-order valence-electron chi connectivity index (χ2n) is 8.28. The van der Waals surface area contributed by atoms with Gasteiger partial charge in [0.05, 0.1) is 23.0 Å². The Hall–Kier alpha value is -2.01. The van der Waals surface area contributed by atoms with Crippen LogP contribution < -0.4 is 0 Å². The van der Waals surface area contributed by atoms with E-state index in [1.165, 1.54) is 28.0 Å². The monoisotopic (exact) mass is 520 g/mol. The lowest BCUT2D eigenvalue weighted by Crippen LogP contribution is -2.46. The van der Waals surface area contributed by atoms with Gasteiger partial charge in [-0.15, -0.1) is 11.3 Å². The van der Waals surface area contributed by atoms with Gasteiger partial charge in [0.25, 0.3) is 5.91 Å². The zero-order valence-electron chi connectivity index (χ0n) is 18.3. The molecule has 2 amide bonds. The van der Waals surface area contributed by atoms with E-state index in [1.54, 1.807) is 11.0 Å². The van der Waals surface area contributed by atoms with E-state index in [9.17, 15) is 18.0 Å². The fourth-order valence-corrected chi connectivity index (χ4v) is 7.73. The molecule has 4 rings (SSSR count). The van der Waals surface area contributed by atoms with E-state index in [4.69, 9.17) is 12.2 Å². The van der Waals surface area contributed by atoms with Gasteiger partial charge in [-0.05, 0) is 48.9 Å². The summed E-state index contributed by atoms with van der Waals surface area (Å²) in [5.41, 5.74) is 3.07. The molecule has 6 nitrogen and oxygen atoms in total. The van der Waals surface area contributed by atoms with E-state index in [1.807, 2.05) is 49.6 Å². The number of carbonyl (C=O) groups is 2. The predicted molar refractivity (Wildman–Crippen MR) is 138 cm³/mol. The second-order valence-corrected chi connectivity index (χ2v) is 13.2. The molecular formula is C23H24N2O4S4. The zero-order chi connectivity index (χ0) is 23.8. The molecule has 0 saturated carbocycles. The number of thiocarbonyl (C=S) groups is 1. The number of rotatable bonds is 6. The summed E-state index contributed by atoms with van der Waals surface area (Å²) in [4.78, 5) is 30.8. The lowest BCUT2D eigenvalue weighted by molar-refractivity contribution is -0.137. The SMILES string of the molecule is Cc1ccc(/C=C2\SC(=S)N(CC(=O)N(Cc3sccc3C)C3CCS(=O)(=O)C3)C2=O)cc1. The van der Waals surface area contributed by atoms with Gasteiger partial charge in [0.2, 0.25) is 5.91 Å². The van der Waals surface area contributed by atoms with Crippen molar-refractivity contribution in [2.75, 3.05) is 18.1 Å². The highest BCUT2D eigenvalue weighted by Gasteiger charge is 2.38. The molecule has 2 aliphatic rings. The van der Waals surface area contributed by atoms with Crippen molar-refractivity contribution in [1.29, 1.82) is 0 Å². The summed E-state index contributed by atoms with van der Waals surface area (Å²) in [7, 11) is -3.17. The third-order valence-electron chi connectivity index (χ3n) is 5.79. The van der Waals surface area contributed by atoms with Gasteiger partial charge in [-0.1, -0.05) is 53.8 Å². The molecule has 0 aliphatic carbocycles. The standard InChI is InChI=1S/C23H24N2O4S4/c1-15-3-5-17(6-4-15)11-19-22(27)25(23(30)32-19)13-21(26)24(12-20-16(2)7-9-31-20)18-8-10-33(28,29)14-18/h3-7,9,11,18H,8,10,12-14H2,1-2H3/b19-11-. The van der Waals surface area contributed by atoms with Crippen LogP contribution in [0.1, 0.15) is 28.0 Å². The molecule has 174 valence electrons. The number of carbonyl (C=O) groups excluding carboxylic acids is 2. The average Bonchev–Trinajstić information content (AvgIpc) is 3.41. The highest BCUT2D eigenvalue weighted by atomic mass is 32.2. The van der Waals surface area contributed by atoms with Crippen molar-refractivity contribution in [3.05, 3.63) is 62.2 Å². The normalized spacial score (nSPS) is 21.2. The number of sulfone groups is 1. The van der Waals surface area contributed by atoms with E-state index in [0.717, 1.165) is 21.6 Å². The first-order valence-electron chi connectivity index (χ1n) is 10.5. The first-order valence-corrected chi connectivity index (χ1v) is 14.4. The first kappa shape index (κ1) is 24.1. The quantitative estimate of drug-likeness (QED) is 0.426. The van der Waals surface area contributed by atoms with Crippen LogP contribution in [0.4, 0.5) is 0 Å². The number of thiophene rings is 1. The Bertz CT molecular complexity index is 1230. The van der Waals surface area contributed by atoms with E-state index in [0.29, 0.717) is 22.2 Å². The lowest BCUT2D eigenvalue weighted by Gasteiger charge is -2.29. The van der Waals surface area contributed by atoms with Crippen LogP contribution in [0, 0.1) is 13.8 Å². The van der Waals surface area contributed by atoms with Crippen LogP contribution in [-0.2, 0) is 26.0 Å². The molecule has 2 aliphatic heterocycles. The number of hydrogen-bond donors (Lipinski definition) is 0. The number of thioether (sulfide) groups is 1. The van der Waals surface area contributed by atoms with Gasteiger partial charge in [0.15, 0.2) is 9.84 Å². The van der Waals surface area contributed by atoms with Gasteiger partial charge in [0, 0.05) is 10.9 Å². The minimum atomic E-state index is -3.17. The molecule has 10 heteroatoms. The lowest BCUT2D eigenvalue weighted by atomic mass is 10.1. The smallest absolute Gasteiger partial charge is 0.266 e. The fourth-order valence-electron chi connectivity index (χ4n) is 3.84. The summed E-state index contributed by atoms with van der Waals surface area (Å²) in [5, 5.41) is 1.95. The minimum absolute atomic E-state index is 0.0467. The van der Waals surface area contributed by atoms with Gasteiger partial charge in [-0.25, -0.2) is 8.42 Å². The molecule has 1 unspecified atom stereocenters. The van der Waals surface area contributed by atoms with Crippen molar-refractivity contribution in [3.63, 3.8) is 0 Å². The molecule has 2 saturated heterocycles. The Morgan fingerprint density at radius 1 is 1.24 bits per heavy atom. The summed E-state index contributed by atoms with van der Waals surface area (Å²) >= 11 is 8.12. The molecule has 0 bridgehead atoms. The van der Waals surface area contributed by atoms with Crippen molar-refractivity contribution < 1.29 is 18.0 Å². The van der Waals surface area contributed by atoms with Crippen LogP contribution in [0.3, 0.4) is 0 Å². The zero-order valence-corrected chi connectivity index (χ0v) is 21.6. The molecule has 2 aromatic rings. The highest BCUT2D eigenvalue weighted by molar-refractivity contribution is 8.26. The molecule has 0 radical (unpaired) electrons. The maximum Gasteiger partial charge on any atom is 0.266 e. The van der Waals surface area contributed by atoms with Gasteiger partial charge in [-0.3, -0.25) is 14.5 Å². The molecule has 33 heavy (non-hydrogen) atoms. The number of nitrogens with zero attached hydrogens (tertiary/aromatic N) is 2. The molecule has 1 aromatic heterocycles. The van der Waals surface area contributed by atoms with E-state index in [2.05, 4.69) is 0 Å². The molecule has 0 spiro atoms. The number of hydrogen-bond acceptors (Lipinski definition) is 7. The van der Waals surface area contributed by atoms with E-state index in [-0.39, 0.29) is 29.9 Å². The van der Waals surface area contributed by atoms with Crippen molar-refractivity contribution in [1.82, 2.24) is 9.80 Å². The van der Waals surface area contributed by atoms with Gasteiger partial charge >= 0.3 is 0 Å². The van der Waals surface area contributed by atoms with Crippen LogP contribution in [0.2, 0.25) is 0 Å². The Kier molecular flexibility index (Phi) is 7.09. The second kappa shape index (κ2) is 9.69. The van der Waals surface area contributed by atoms with Crippen LogP contribution in [0.15, 0.2) is 40.6 Å². The summed E-state index contributed by atoms with van der Waals surface area (Å²) in [5.74, 6) is -0.567. The van der Waals surface area contributed by atoms with Crippen LogP contribution in [-0.4, -0.2) is 58.4 Å². The topological polar surface area (TPSA) is 74.8 Å². The van der Waals surface area contributed by atoms with E-state index >= 15 is 0 Å². The first-order chi connectivity index (χ1) is 15.6. The maximum atomic E-state index is 13.4. The van der Waals surface area contributed by atoms with Crippen molar-refractivity contribution in [2.45, 2.75) is 32.9 Å². The minimum Gasteiger partial charge on any atom is -0.332 e. The summed E-state index contributed by atoms with van der Waals surface area (Å²) < 4.78 is 24.5. The van der Waals surface area contributed by atoms with Crippen molar-refractivity contribution in [3.8, 4) is 0 Å². The summed E-state index contributed by atoms with van der Waals surface area (Å²) in [6.07, 6.45) is 2.18. The summed E-state index contributed by atoms with van der Waals surface area (Å²) in [6, 6.07) is 9.38. The third-order valence-corrected chi connectivity index (χ3v) is 9.93. The maximum absolute atomic E-state index is 13.4. The Balaban J connectivity index is 1.53. The van der Waals surface area contributed by atoms with Gasteiger partial charge < -0.3 is 4.90 Å². The number of aryl methyl sites for hydroxylation is 2. The van der Waals surface area contributed by atoms with Crippen LogP contribution >= 0.6 is 35.3 Å². The van der Waals surface area contributed by atoms with Crippen molar-refractivity contribution >= 4 is 67.4 Å². The molecule has 1 aromatic carbocycles. The summed E-state index contributed by atoms with van der Waals surface area (Å²) in [6.45, 7) is 4.10. The Labute approximate surface area is 207 Å². The number of amides is 2. The highest BCUT2D eigenvalue weighted by Crippen LogP contribution is 2.33. The molecular weight excluding hydrogens is 497 g/mol. The largest absolute Gasteiger partial charge is 0.332 e. The van der Waals surface area contributed by atoms with Crippen molar-refractivity contribution in [2.24, 2.45) is 0 Å². The number of benzene rings is 1. The Morgan fingerprint density at radius 2 is 1.97 bits per heavy atom. The predicted octanol–water partition coefficient (Wildman–Crippen LogP) is 3.78. The van der Waals surface area contributed by atoms with Gasteiger partial charge in [0.1, 0.15) is 10.9 Å². The third kappa shape index (κ3) is 5.56.